The fourth-order valence-electron chi connectivity index (χ4n) is 1.99. The van der Waals surface area contributed by atoms with Gasteiger partial charge in [-0.15, -0.1) is 0 Å². The quantitative estimate of drug-likeness (QED) is 0.770. The van der Waals surface area contributed by atoms with E-state index in [2.05, 4.69) is 15.6 Å². The molecule has 0 bridgehead atoms. The van der Waals surface area contributed by atoms with Crippen molar-refractivity contribution in [2.75, 3.05) is 20.3 Å². The normalized spacial score (nSPS) is 11.4. The van der Waals surface area contributed by atoms with Crippen LogP contribution >= 0.6 is 0 Å². The second-order valence-corrected chi connectivity index (χ2v) is 4.93. The van der Waals surface area contributed by atoms with Crippen LogP contribution in [0.25, 0.3) is 0 Å². The van der Waals surface area contributed by atoms with Crippen LogP contribution in [-0.2, 0) is 0 Å². The summed E-state index contributed by atoms with van der Waals surface area (Å²) in [4.78, 5) is 15.8. The van der Waals surface area contributed by atoms with Crippen molar-refractivity contribution in [1.29, 1.82) is 0 Å². The van der Waals surface area contributed by atoms with Gasteiger partial charge in [0.1, 0.15) is 18.1 Å². The van der Waals surface area contributed by atoms with E-state index in [-0.39, 0.29) is 12.1 Å². The predicted octanol–water partition coefficient (Wildman–Crippen LogP) is 2.53. The van der Waals surface area contributed by atoms with Crippen LogP contribution < -0.4 is 20.1 Å². The summed E-state index contributed by atoms with van der Waals surface area (Å²) in [6, 6.07) is 10.7. The van der Waals surface area contributed by atoms with Crippen LogP contribution in [0.3, 0.4) is 0 Å². The topological polar surface area (TPSA) is 72.5 Å². The van der Waals surface area contributed by atoms with Crippen molar-refractivity contribution in [3.8, 4) is 11.5 Å². The fourth-order valence-corrected chi connectivity index (χ4v) is 1.99. The first kappa shape index (κ1) is 16.6. The number of aromatic nitrogens is 1. The van der Waals surface area contributed by atoms with E-state index in [0.29, 0.717) is 13.2 Å². The lowest BCUT2D eigenvalue weighted by atomic mass is 10.1. The molecular weight excluding hydrogens is 294 g/mol. The Morgan fingerprint density at radius 2 is 1.78 bits per heavy atom. The van der Waals surface area contributed by atoms with E-state index in [1.54, 1.807) is 19.5 Å². The van der Waals surface area contributed by atoms with Gasteiger partial charge in [-0.2, -0.15) is 0 Å². The number of hydrogen-bond acceptors (Lipinski definition) is 4. The van der Waals surface area contributed by atoms with Crippen LogP contribution in [0, 0.1) is 0 Å². The third kappa shape index (κ3) is 5.50. The molecule has 0 saturated heterocycles. The Balaban J connectivity index is 1.66. The van der Waals surface area contributed by atoms with E-state index in [4.69, 9.17) is 9.47 Å². The van der Waals surface area contributed by atoms with E-state index in [9.17, 15) is 4.79 Å². The van der Waals surface area contributed by atoms with Crippen molar-refractivity contribution in [2.24, 2.45) is 0 Å². The molecule has 23 heavy (non-hydrogen) atoms. The molecule has 0 aliphatic carbocycles. The molecule has 6 nitrogen and oxygen atoms in total. The monoisotopic (exact) mass is 315 g/mol. The molecule has 0 fully saturated rings. The predicted molar refractivity (Wildman–Crippen MR) is 87.7 cm³/mol. The maximum Gasteiger partial charge on any atom is 0.315 e. The smallest absolute Gasteiger partial charge is 0.315 e. The van der Waals surface area contributed by atoms with Crippen molar-refractivity contribution in [3.63, 3.8) is 0 Å². The van der Waals surface area contributed by atoms with E-state index in [0.717, 1.165) is 17.1 Å². The largest absolute Gasteiger partial charge is 0.497 e. The molecule has 1 aromatic carbocycles. The number of nitrogens with one attached hydrogen (secondary N) is 2. The summed E-state index contributed by atoms with van der Waals surface area (Å²) >= 11 is 0. The molecular formula is C17H21N3O3. The van der Waals surface area contributed by atoms with Crippen molar-refractivity contribution >= 4 is 6.03 Å². The molecule has 0 spiro atoms. The Labute approximate surface area is 135 Å². The van der Waals surface area contributed by atoms with Gasteiger partial charge in [0.15, 0.2) is 0 Å². The van der Waals surface area contributed by atoms with E-state index in [1.165, 1.54) is 0 Å². The summed E-state index contributed by atoms with van der Waals surface area (Å²) in [6.45, 7) is 2.73. The maximum absolute atomic E-state index is 11.8. The molecule has 1 unspecified atom stereocenters. The van der Waals surface area contributed by atoms with Crippen LogP contribution in [0.4, 0.5) is 4.79 Å². The van der Waals surface area contributed by atoms with Gasteiger partial charge in [0.25, 0.3) is 0 Å². The van der Waals surface area contributed by atoms with Crippen LogP contribution in [0.2, 0.25) is 0 Å². The fraction of sp³-hybridized carbons (Fsp3) is 0.294. The lowest BCUT2D eigenvalue weighted by Crippen LogP contribution is -2.38. The minimum Gasteiger partial charge on any atom is -0.497 e. The number of ether oxygens (including phenoxy) is 2. The first-order valence-electron chi connectivity index (χ1n) is 7.40. The second-order valence-electron chi connectivity index (χ2n) is 4.93. The summed E-state index contributed by atoms with van der Waals surface area (Å²) in [7, 11) is 1.62. The number of methoxy groups -OCH3 is 1. The zero-order chi connectivity index (χ0) is 16.5. The van der Waals surface area contributed by atoms with Crippen LogP contribution in [0.1, 0.15) is 18.5 Å². The molecule has 0 aliphatic rings. The third-order valence-corrected chi connectivity index (χ3v) is 3.27. The van der Waals surface area contributed by atoms with Crippen molar-refractivity contribution < 1.29 is 14.3 Å². The summed E-state index contributed by atoms with van der Waals surface area (Å²) in [5.74, 6) is 1.51. The Bertz CT molecular complexity index is 602. The molecule has 2 amide bonds. The summed E-state index contributed by atoms with van der Waals surface area (Å²) in [5.41, 5.74) is 1.00. The molecule has 1 heterocycles. The van der Waals surface area contributed by atoms with Crippen molar-refractivity contribution in [2.45, 2.75) is 13.0 Å². The Hall–Kier alpha value is -2.76. The molecule has 122 valence electrons. The van der Waals surface area contributed by atoms with Gasteiger partial charge in [0.05, 0.1) is 19.7 Å². The first-order chi connectivity index (χ1) is 11.2. The number of rotatable bonds is 7. The van der Waals surface area contributed by atoms with Gasteiger partial charge in [-0.05, 0) is 48.9 Å². The summed E-state index contributed by atoms with van der Waals surface area (Å²) in [5, 5.41) is 5.62. The minimum absolute atomic E-state index is 0.0829. The van der Waals surface area contributed by atoms with Gasteiger partial charge in [-0.3, -0.25) is 4.98 Å². The molecule has 2 N–H and O–H groups in total. The average Bonchev–Trinajstić information content (AvgIpc) is 2.60. The van der Waals surface area contributed by atoms with Crippen molar-refractivity contribution in [3.05, 3.63) is 54.4 Å². The van der Waals surface area contributed by atoms with Crippen LogP contribution in [0.5, 0.6) is 11.5 Å². The van der Waals surface area contributed by atoms with Gasteiger partial charge in [-0.1, -0.05) is 0 Å². The molecule has 1 atom stereocenters. The summed E-state index contributed by atoms with van der Waals surface area (Å²) in [6.07, 6.45) is 3.40. The number of nitrogens with zero attached hydrogens (tertiary/aromatic N) is 1. The Morgan fingerprint density at radius 1 is 1.13 bits per heavy atom. The Morgan fingerprint density at radius 3 is 2.43 bits per heavy atom. The molecule has 2 aromatic rings. The molecule has 2 rings (SSSR count). The molecule has 6 heteroatoms. The van der Waals surface area contributed by atoms with Crippen LogP contribution in [-0.4, -0.2) is 31.3 Å². The van der Waals surface area contributed by atoms with E-state index < -0.39 is 0 Å². The van der Waals surface area contributed by atoms with Gasteiger partial charge >= 0.3 is 6.03 Å². The number of carbonyl (C=O) groups is 1. The van der Waals surface area contributed by atoms with Gasteiger partial charge in [0, 0.05) is 12.4 Å². The van der Waals surface area contributed by atoms with Gasteiger partial charge in [-0.25, -0.2) is 4.79 Å². The zero-order valence-corrected chi connectivity index (χ0v) is 13.3. The molecule has 0 saturated carbocycles. The SMILES string of the molecule is COc1ccc(OCCNC(=O)NC(C)c2ccncc2)cc1. The van der Waals surface area contributed by atoms with Gasteiger partial charge in [0.2, 0.25) is 0 Å². The number of hydrogen-bond donors (Lipinski definition) is 2. The molecule has 0 radical (unpaired) electrons. The highest BCUT2D eigenvalue weighted by molar-refractivity contribution is 5.74. The number of benzene rings is 1. The molecule has 1 aromatic heterocycles. The van der Waals surface area contributed by atoms with Crippen molar-refractivity contribution in [1.82, 2.24) is 15.6 Å². The zero-order valence-electron chi connectivity index (χ0n) is 13.3. The highest BCUT2D eigenvalue weighted by Gasteiger charge is 2.08. The standard InChI is InChI=1S/C17H21N3O3/c1-13(14-7-9-18-10-8-14)20-17(21)19-11-12-23-16-5-3-15(22-2)4-6-16/h3-10,13H,11-12H2,1-2H3,(H2,19,20,21). The molecule has 0 aliphatic heterocycles. The van der Waals surface area contributed by atoms with E-state index in [1.807, 2.05) is 43.3 Å². The Kier molecular flexibility index (Phi) is 6.23. The number of urea groups is 1. The number of amides is 2. The number of pyridine rings is 1. The first-order valence-corrected chi connectivity index (χ1v) is 7.40. The van der Waals surface area contributed by atoms with Gasteiger partial charge < -0.3 is 20.1 Å². The second kappa shape index (κ2) is 8.63. The minimum atomic E-state index is -0.229. The number of carbonyl (C=O) groups excluding carboxylic acids is 1. The highest BCUT2D eigenvalue weighted by Crippen LogP contribution is 2.16. The third-order valence-electron chi connectivity index (χ3n) is 3.27. The summed E-state index contributed by atoms with van der Waals surface area (Å²) < 4.78 is 10.6. The highest BCUT2D eigenvalue weighted by atomic mass is 16.5. The average molecular weight is 315 g/mol. The lowest BCUT2D eigenvalue weighted by Gasteiger charge is -2.15. The van der Waals surface area contributed by atoms with Crippen LogP contribution in [0.15, 0.2) is 48.8 Å². The maximum atomic E-state index is 11.8. The lowest BCUT2D eigenvalue weighted by molar-refractivity contribution is 0.233. The van der Waals surface area contributed by atoms with E-state index >= 15 is 0 Å².